The average Bonchev–Trinajstić information content (AvgIpc) is 2.75. The summed E-state index contributed by atoms with van der Waals surface area (Å²) in [7, 11) is 0. The van der Waals surface area contributed by atoms with Gasteiger partial charge in [-0.15, -0.1) is 13.2 Å². The van der Waals surface area contributed by atoms with Crippen molar-refractivity contribution in [1.29, 1.82) is 0 Å². The maximum Gasteiger partial charge on any atom is 0.573 e. The molecule has 0 aliphatic heterocycles. The van der Waals surface area contributed by atoms with Crippen LogP contribution in [0.4, 0.5) is 18.3 Å². The van der Waals surface area contributed by atoms with Gasteiger partial charge in [0.2, 0.25) is 0 Å². The molecule has 0 aliphatic rings. The minimum absolute atomic E-state index is 0.0526. The van der Waals surface area contributed by atoms with Crippen LogP contribution in [0.15, 0.2) is 18.2 Å². The molecule has 2 N–H and O–H groups in total. The summed E-state index contributed by atoms with van der Waals surface area (Å²) in [6.07, 6.45) is -4.78. The molecule has 23 heavy (non-hydrogen) atoms. The predicted molar refractivity (Wildman–Crippen MR) is 78.9 cm³/mol. The summed E-state index contributed by atoms with van der Waals surface area (Å²) in [5.41, 5.74) is 6.99. The Morgan fingerprint density at radius 1 is 1.35 bits per heavy atom. The summed E-state index contributed by atoms with van der Waals surface area (Å²) in [4.78, 5) is 15.6. The number of anilines is 1. The van der Waals surface area contributed by atoms with E-state index in [0.29, 0.717) is 21.7 Å². The molecule has 0 aliphatic carbocycles. The molecular formula is C14H13F3N2O3S. The van der Waals surface area contributed by atoms with Crippen LogP contribution in [-0.4, -0.2) is 17.3 Å². The number of aromatic nitrogens is 1. The number of thiazole rings is 1. The highest BCUT2D eigenvalue weighted by Gasteiger charge is 2.31. The van der Waals surface area contributed by atoms with Gasteiger partial charge in [-0.2, -0.15) is 0 Å². The van der Waals surface area contributed by atoms with E-state index in [1.165, 1.54) is 19.1 Å². The molecule has 5 nitrogen and oxygen atoms in total. The highest BCUT2D eigenvalue weighted by molar-refractivity contribution is 7.15. The average molecular weight is 346 g/mol. The van der Waals surface area contributed by atoms with Crippen LogP contribution >= 0.6 is 11.3 Å². The maximum absolute atomic E-state index is 12.4. The zero-order chi connectivity index (χ0) is 17.2. The van der Waals surface area contributed by atoms with E-state index < -0.39 is 12.3 Å². The molecule has 1 aromatic heterocycles. The third-order valence-corrected chi connectivity index (χ3v) is 3.54. The van der Waals surface area contributed by atoms with E-state index >= 15 is 0 Å². The predicted octanol–water partition coefficient (Wildman–Crippen LogP) is 3.66. The first-order valence-corrected chi connectivity index (χ1v) is 7.22. The number of benzene rings is 1. The summed E-state index contributed by atoms with van der Waals surface area (Å²) < 4.78 is 46.0. The SMILES string of the molecule is CC(=O)OCc1sc(N)nc1-c1cc(C)cc(OC(F)(F)F)c1. The molecule has 0 atom stereocenters. The number of halogens is 3. The molecular weight excluding hydrogens is 333 g/mol. The summed E-state index contributed by atoms with van der Waals surface area (Å²) in [6.45, 7) is 2.84. The maximum atomic E-state index is 12.4. The summed E-state index contributed by atoms with van der Waals surface area (Å²) >= 11 is 1.10. The van der Waals surface area contributed by atoms with Gasteiger partial charge < -0.3 is 15.2 Å². The van der Waals surface area contributed by atoms with Crippen LogP contribution in [0.2, 0.25) is 0 Å². The Morgan fingerprint density at radius 3 is 2.65 bits per heavy atom. The Balaban J connectivity index is 2.39. The second-order valence-corrected chi connectivity index (χ2v) is 5.80. The van der Waals surface area contributed by atoms with E-state index in [4.69, 9.17) is 10.5 Å². The Kier molecular flexibility index (Phi) is 4.79. The minimum Gasteiger partial charge on any atom is -0.460 e. The van der Waals surface area contributed by atoms with E-state index in [2.05, 4.69) is 9.72 Å². The lowest BCUT2D eigenvalue weighted by molar-refractivity contribution is -0.274. The molecule has 0 saturated heterocycles. The number of alkyl halides is 3. The molecule has 0 unspecified atom stereocenters. The van der Waals surface area contributed by atoms with Crippen molar-refractivity contribution < 1.29 is 27.4 Å². The van der Waals surface area contributed by atoms with Gasteiger partial charge in [0.25, 0.3) is 0 Å². The molecule has 0 saturated carbocycles. The molecule has 9 heteroatoms. The molecule has 2 rings (SSSR count). The first-order valence-electron chi connectivity index (χ1n) is 6.40. The number of carbonyl (C=O) groups is 1. The lowest BCUT2D eigenvalue weighted by atomic mass is 10.1. The van der Waals surface area contributed by atoms with E-state index in [-0.39, 0.29) is 17.5 Å². The van der Waals surface area contributed by atoms with Crippen molar-refractivity contribution in [3.63, 3.8) is 0 Å². The third-order valence-electron chi connectivity index (χ3n) is 2.68. The number of ether oxygens (including phenoxy) is 2. The van der Waals surface area contributed by atoms with Crippen molar-refractivity contribution in [3.8, 4) is 17.0 Å². The number of nitrogens with zero attached hydrogens (tertiary/aromatic N) is 1. The second-order valence-electron chi connectivity index (χ2n) is 4.69. The monoisotopic (exact) mass is 346 g/mol. The molecule has 2 aromatic rings. The van der Waals surface area contributed by atoms with E-state index in [9.17, 15) is 18.0 Å². The van der Waals surface area contributed by atoms with Crippen LogP contribution in [0, 0.1) is 6.92 Å². The first-order chi connectivity index (χ1) is 10.6. The first kappa shape index (κ1) is 17.1. The third kappa shape index (κ3) is 4.85. The van der Waals surface area contributed by atoms with E-state index in [0.717, 1.165) is 11.3 Å². The minimum atomic E-state index is -4.78. The van der Waals surface area contributed by atoms with Gasteiger partial charge in [0.15, 0.2) is 5.13 Å². The van der Waals surface area contributed by atoms with Gasteiger partial charge in [0, 0.05) is 12.5 Å². The van der Waals surface area contributed by atoms with Crippen LogP contribution in [0.5, 0.6) is 5.75 Å². The normalized spacial score (nSPS) is 11.3. The van der Waals surface area contributed by atoms with Crippen molar-refractivity contribution in [2.45, 2.75) is 26.8 Å². The van der Waals surface area contributed by atoms with Crippen molar-refractivity contribution >= 4 is 22.4 Å². The van der Waals surface area contributed by atoms with E-state index in [1.54, 1.807) is 13.0 Å². The van der Waals surface area contributed by atoms with Crippen LogP contribution in [-0.2, 0) is 16.1 Å². The molecule has 0 bridgehead atoms. The smallest absolute Gasteiger partial charge is 0.460 e. The van der Waals surface area contributed by atoms with Crippen molar-refractivity contribution in [2.24, 2.45) is 0 Å². The van der Waals surface area contributed by atoms with Crippen molar-refractivity contribution in [2.75, 3.05) is 5.73 Å². The highest BCUT2D eigenvalue weighted by Crippen LogP contribution is 2.34. The Hall–Kier alpha value is -2.29. The fourth-order valence-electron chi connectivity index (χ4n) is 1.94. The zero-order valence-corrected chi connectivity index (χ0v) is 13.0. The van der Waals surface area contributed by atoms with Gasteiger partial charge in [0.1, 0.15) is 12.4 Å². The highest BCUT2D eigenvalue weighted by atomic mass is 32.1. The fourth-order valence-corrected chi connectivity index (χ4v) is 2.71. The van der Waals surface area contributed by atoms with Gasteiger partial charge in [-0.25, -0.2) is 4.98 Å². The molecule has 0 radical (unpaired) electrons. The van der Waals surface area contributed by atoms with Crippen molar-refractivity contribution in [3.05, 3.63) is 28.6 Å². The summed E-state index contributed by atoms with van der Waals surface area (Å²) in [5.74, 6) is -0.828. The fraction of sp³-hybridized carbons (Fsp3) is 0.286. The number of hydrogen-bond acceptors (Lipinski definition) is 6. The summed E-state index contributed by atoms with van der Waals surface area (Å²) in [5, 5.41) is 0.224. The van der Waals surface area contributed by atoms with Gasteiger partial charge in [-0.3, -0.25) is 4.79 Å². The van der Waals surface area contributed by atoms with Crippen LogP contribution in [0.3, 0.4) is 0 Å². The van der Waals surface area contributed by atoms with Crippen LogP contribution in [0.1, 0.15) is 17.4 Å². The molecule has 1 heterocycles. The number of rotatable bonds is 4. The summed E-state index contributed by atoms with van der Waals surface area (Å²) in [6, 6.07) is 4.12. The number of aryl methyl sites for hydroxylation is 1. The lowest BCUT2D eigenvalue weighted by Crippen LogP contribution is -2.17. The number of esters is 1. The van der Waals surface area contributed by atoms with Gasteiger partial charge in [-0.05, 0) is 30.7 Å². The van der Waals surface area contributed by atoms with Crippen LogP contribution < -0.4 is 10.5 Å². The lowest BCUT2D eigenvalue weighted by Gasteiger charge is -2.11. The molecule has 124 valence electrons. The second kappa shape index (κ2) is 6.45. The van der Waals surface area contributed by atoms with Gasteiger partial charge in [-0.1, -0.05) is 11.3 Å². The number of nitrogen functional groups attached to an aromatic ring is 1. The van der Waals surface area contributed by atoms with Crippen molar-refractivity contribution in [1.82, 2.24) is 4.98 Å². The number of carbonyl (C=O) groups excluding carboxylic acids is 1. The largest absolute Gasteiger partial charge is 0.573 e. The van der Waals surface area contributed by atoms with Gasteiger partial charge >= 0.3 is 12.3 Å². The quantitative estimate of drug-likeness (QED) is 0.855. The topological polar surface area (TPSA) is 74.4 Å². The zero-order valence-electron chi connectivity index (χ0n) is 12.2. The Morgan fingerprint density at radius 2 is 2.04 bits per heavy atom. The van der Waals surface area contributed by atoms with Gasteiger partial charge in [0.05, 0.1) is 10.6 Å². The number of nitrogens with two attached hydrogens (primary N) is 1. The van der Waals surface area contributed by atoms with E-state index in [1.807, 2.05) is 0 Å². The molecule has 0 spiro atoms. The Labute approximate surface area is 133 Å². The van der Waals surface area contributed by atoms with Crippen LogP contribution in [0.25, 0.3) is 11.3 Å². The Bertz CT molecular complexity index is 729. The standard InChI is InChI=1S/C14H13F3N2O3S/c1-7-3-9(5-10(4-7)22-14(15,16)17)12-11(6-21-8(2)20)23-13(18)19-12/h3-5H,6H2,1-2H3,(H2,18,19). The molecule has 0 fully saturated rings. The molecule has 1 aromatic carbocycles. The molecule has 0 amide bonds. The number of hydrogen-bond donors (Lipinski definition) is 1.